The van der Waals surface area contributed by atoms with Crippen molar-refractivity contribution < 1.29 is 9.18 Å². The van der Waals surface area contributed by atoms with Crippen molar-refractivity contribution in [2.24, 2.45) is 0 Å². The van der Waals surface area contributed by atoms with Crippen LogP contribution in [0.5, 0.6) is 0 Å². The molecule has 1 atom stereocenters. The van der Waals surface area contributed by atoms with Crippen molar-refractivity contribution >= 4 is 45.4 Å². The predicted octanol–water partition coefficient (Wildman–Crippen LogP) is 2.61. The van der Waals surface area contributed by atoms with E-state index in [1.54, 1.807) is 12.1 Å². The van der Waals surface area contributed by atoms with Crippen LogP contribution >= 0.6 is 22.9 Å². The smallest absolute Gasteiger partial charge is 0.333 e. The van der Waals surface area contributed by atoms with Gasteiger partial charge >= 0.3 is 5.69 Å². The van der Waals surface area contributed by atoms with E-state index < -0.39 is 29.0 Å². The number of hydrogen-bond donors (Lipinski definition) is 4. The molecule has 3 aromatic heterocycles. The van der Waals surface area contributed by atoms with Crippen molar-refractivity contribution in [1.29, 1.82) is 0 Å². The molecule has 1 unspecified atom stereocenters. The van der Waals surface area contributed by atoms with Crippen LogP contribution in [0.25, 0.3) is 16.6 Å². The SMILES string of the molecule is CNc1cc2c(=O)n(-c3ccc(C(=O)NC(c4nnn[nH]4)c4ccc(Cl)s4)cc3)c(=O)[nH]c2cc1F. The monoisotopic (exact) mass is 526 g/mol. The normalized spacial score (nSPS) is 12.0. The maximum atomic E-state index is 14.1. The third-order valence-electron chi connectivity index (χ3n) is 5.43. The van der Waals surface area contributed by atoms with Gasteiger partial charge in [-0.05, 0) is 52.9 Å². The minimum Gasteiger partial charge on any atom is -0.386 e. The highest BCUT2D eigenvalue weighted by molar-refractivity contribution is 7.16. The minimum absolute atomic E-state index is 0.0791. The van der Waals surface area contributed by atoms with Crippen molar-refractivity contribution in [2.75, 3.05) is 12.4 Å². The fourth-order valence-electron chi connectivity index (χ4n) is 3.69. The number of anilines is 1. The van der Waals surface area contributed by atoms with Crippen molar-refractivity contribution in [1.82, 2.24) is 35.5 Å². The number of nitrogens with one attached hydrogen (secondary N) is 4. The van der Waals surface area contributed by atoms with E-state index in [0.717, 1.165) is 15.5 Å². The van der Waals surface area contributed by atoms with Crippen LogP contribution in [-0.4, -0.2) is 43.1 Å². The number of hydrogen-bond acceptors (Lipinski definition) is 8. The summed E-state index contributed by atoms with van der Waals surface area (Å²) < 4.78 is 15.5. The summed E-state index contributed by atoms with van der Waals surface area (Å²) in [6, 6.07) is 11.1. The van der Waals surface area contributed by atoms with Gasteiger partial charge in [-0.2, -0.15) is 0 Å². The number of nitrogens with zero attached hydrogens (tertiary/aromatic N) is 4. The topological polar surface area (TPSA) is 150 Å². The Morgan fingerprint density at radius 2 is 1.94 bits per heavy atom. The Morgan fingerprint density at radius 3 is 2.58 bits per heavy atom. The summed E-state index contributed by atoms with van der Waals surface area (Å²) >= 11 is 7.32. The first-order valence-electron chi connectivity index (χ1n) is 10.4. The highest BCUT2D eigenvalue weighted by atomic mass is 35.5. The molecule has 5 aromatic rings. The quantitative estimate of drug-likeness (QED) is 0.265. The zero-order valence-corrected chi connectivity index (χ0v) is 19.9. The maximum absolute atomic E-state index is 14.1. The molecule has 3 heterocycles. The summed E-state index contributed by atoms with van der Waals surface area (Å²) in [6.07, 6.45) is 0. The Bertz CT molecular complexity index is 1700. The van der Waals surface area contributed by atoms with Crippen molar-refractivity contribution in [3.05, 3.63) is 95.8 Å². The lowest BCUT2D eigenvalue weighted by Gasteiger charge is -2.15. The standard InChI is InChI=1S/C22H16ClFN8O3S/c1-25-15-8-12-14(9-13(15)24)26-22(35)32(21(12)34)11-4-2-10(3-5-11)20(33)27-18(19-28-30-31-29-19)16-6-7-17(23)36-16/h2-9,18,25H,1H3,(H,26,35)(H,27,33)(H,28,29,30,31). The van der Waals surface area contributed by atoms with Gasteiger partial charge in [0.05, 0.1) is 26.6 Å². The summed E-state index contributed by atoms with van der Waals surface area (Å²) in [5.41, 5.74) is -0.674. The third kappa shape index (κ3) is 4.25. The van der Waals surface area contributed by atoms with Crippen molar-refractivity contribution in [2.45, 2.75) is 6.04 Å². The van der Waals surface area contributed by atoms with Gasteiger partial charge in [0, 0.05) is 23.6 Å². The van der Waals surface area contributed by atoms with Gasteiger partial charge in [0.25, 0.3) is 11.5 Å². The lowest BCUT2D eigenvalue weighted by molar-refractivity contribution is 0.0942. The van der Waals surface area contributed by atoms with E-state index >= 15 is 0 Å². The van der Waals surface area contributed by atoms with Crippen LogP contribution in [0.4, 0.5) is 10.1 Å². The van der Waals surface area contributed by atoms with Gasteiger partial charge in [0.15, 0.2) is 5.82 Å². The molecule has 0 saturated heterocycles. The highest BCUT2D eigenvalue weighted by Crippen LogP contribution is 2.29. The molecule has 11 nitrogen and oxygen atoms in total. The van der Waals surface area contributed by atoms with Crippen LogP contribution in [0.15, 0.2) is 58.1 Å². The molecule has 4 N–H and O–H groups in total. The number of H-pyrrole nitrogens is 2. The molecule has 5 rings (SSSR count). The van der Waals surface area contributed by atoms with E-state index in [1.165, 1.54) is 48.7 Å². The zero-order valence-electron chi connectivity index (χ0n) is 18.4. The van der Waals surface area contributed by atoms with Crippen LogP contribution in [0.2, 0.25) is 4.34 Å². The molecule has 0 radical (unpaired) electrons. The van der Waals surface area contributed by atoms with Gasteiger partial charge < -0.3 is 15.6 Å². The fourth-order valence-corrected chi connectivity index (χ4v) is 4.80. The number of benzene rings is 2. The Hall–Kier alpha value is -4.36. The van der Waals surface area contributed by atoms with E-state index in [4.69, 9.17) is 11.6 Å². The van der Waals surface area contributed by atoms with E-state index in [9.17, 15) is 18.8 Å². The molecule has 14 heteroatoms. The third-order valence-corrected chi connectivity index (χ3v) is 6.73. The van der Waals surface area contributed by atoms with Gasteiger partial charge in [-0.25, -0.2) is 18.9 Å². The van der Waals surface area contributed by atoms with Gasteiger partial charge in [0.2, 0.25) is 0 Å². The number of carbonyl (C=O) groups is 1. The van der Waals surface area contributed by atoms with Crippen molar-refractivity contribution in [3.8, 4) is 5.69 Å². The van der Waals surface area contributed by atoms with Crippen LogP contribution in [-0.2, 0) is 0 Å². The second-order valence-corrected chi connectivity index (χ2v) is 9.33. The molecule has 1 amide bonds. The Kier molecular flexibility index (Phi) is 6.08. The zero-order chi connectivity index (χ0) is 25.4. The fraction of sp³-hybridized carbons (Fsp3) is 0.0909. The molecule has 36 heavy (non-hydrogen) atoms. The number of amides is 1. The molecular formula is C22H16ClFN8O3S. The highest BCUT2D eigenvalue weighted by Gasteiger charge is 2.23. The van der Waals surface area contributed by atoms with Crippen LogP contribution in [0.3, 0.4) is 0 Å². The second-order valence-electron chi connectivity index (χ2n) is 7.58. The van der Waals surface area contributed by atoms with Crippen molar-refractivity contribution in [3.63, 3.8) is 0 Å². The summed E-state index contributed by atoms with van der Waals surface area (Å²) in [5.74, 6) is -0.719. The van der Waals surface area contributed by atoms with Crippen LogP contribution in [0.1, 0.15) is 27.1 Å². The average Bonchev–Trinajstić information content (AvgIpc) is 3.55. The maximum Gasteiger partial charge on any atom is 0.333 e. The largest absolute Gasteiger partial charge is 0.386 e. The first-order chi connectivity index (χ1) is 17.4. The number of aromatic amines is 2. The second kappa shape index (κ2) is 9.36. The van der Waals surface area contributed by atoms with E-state index in [0.29, 0.717) is 10.2 Å². The molecule has 0 aliphatic carbocycles. The molecular weight excluding hydrogens is 511 g/mol. The lowest BCUT2D eigenvalue weighted by atomic mass is 10.1. The van der Waals surface area contributed by atoms with E-state index in [-0.39, 0.29) is 27.8 Å². The first kappa shape index (κ1) is 23.4. The molecule has 0 bridgehead atoms. The number of fused-ring (bicyclic) bond motifs is 1. The van der Waals surface area contributed by atoms with Crippen LogP contribution in [0, 0.1) is 5.82 Å². The lowest BCUT2D eigenvalue weighted by Crippen LogP contribution is -2.34. The first-order valence-corrected chi connectivity index (χ1v) is 11.6. The van der Waals surface area contributed by atoms with Gasteiger partial charge in [-0.3, -0.25) is 9.59 Å². The number of carbonyl (C=O) groups excluding carboxylic acids is 1. The molecule has 0 spiro atoms. The van der Waals surface area contributed by atoms with Gasteiger partial charge in [-0.15, -0.1) is 16.4 Å². The Balaban J connectivity index is 1.47. The molecule has 0 aliphatic heterocycles. The number of thiophene rings is 1. The van der Waals surface area contributed by atoms with Gasteiger partial charge in [-0.1, -0.05) is 11.6 Å². The minimum atomic E-state index is -0.742. The molecule has 0 saturated carbocycles. The predicted molar refractivity (Wildman–Crippen MR) is 132 cm³/mol. The summed E-state index contributed by atoms with van der Waals surface area (Å²) in [5, 5.41) is 19.3. The summed E-state index contributed by atoms with van der Waals surface area (Å²) in [6.45, 7) is 0. The summed E-state index contributed by atoms with van der Waals surface area (Å²) in [7, 11) is 1.52. The Morgan fingerprint density at radius 1 is 1.17 bits per heavy atom. The number of rotatable bonds is 6. The molecule has 0 aliphatic rings. The van der Waals surface area contributed by atoms with Gasteiger partial charge in [0.1, 0.15) is 11.9 Å². The summed E-state index contributed by atoms with van der Waals surface area (Å²) in [4.78, 5) is 41.9. The number of aromatic nitrogens is 6. The van der Waals surface area contributed by atoms with Crippen LogP contribution < -0.4 is 21.9 Å². The van der Waals surface area contributed by atoms with E-state index in [2.05, 4.69) is 36.2 Å². The number of halogens is 2. The molecule has 182 valence electrons. The number of tetrazole rings is 1. The molecule has 0 fully saturated rings. The van der Waals surface area contributed by atoms with E-state index in [1.807, 2.05) is 0 Å². The molecule has 2 aromatic carbocycles. The average molecular weight is 527 g/mol. The Labute approximate surface area is 209 Å².